The van der Waals surface area contributed by atoms with Gasteiger partial charge in [0, 0.05) is 124 Å². The van der Waals surface area contributed by atoms with E-state index < -0.39 is 20.6 Å². The van der Waals surface area contributed by atoms with Gasteiger partial charge in [0.2, 0.25) is 0 Å². The van der Waals surface area contributed by atoms with Crippen molar-refractivity contribution in [3.8, 4) is 0 Å². The van der Waals surface area contributed by atoms with E-state index in [0.29, 0.717) is 11.4 Å². The Morgan fingerprint density at radius 2 is 1.10 bits per heavy atom. The van der Waals surface area contributed by atoms with Gasteiger partial charge in [0.25, 0.3) is 0 Å². The fourth-order valence-corrected chi connectivity index (χ4v) is 10.9. The van der Waals surface area contributed by atoms with E-state index in [1.165, 1.54) is 118 Å². The molecule has 30 nitrogen and oxygen atoms in total. The normalized spacial score (nSPS) is 11.2. The van der Waals surface area contributed by atoms with Crippen LogP contribution in [-0.2, 0) is 20.6 Å². The highest BCUT2D eigenvalue weighted by atomic mass is 32.2. The number of aromatic amines is 1. The molecule has 558 valence electrons. The number of nitrogens with zero attached hydrogens (tertiary/aromatic N) is 23. The molecule has 1 atom stereocenters. The minimum absolute atomic E-state index is 0.417. The highest BCUT2D eigenvalue weighted by Gasteiger charge is 2.18. The van der Waals surface area contributed by atoms with Crippen LogP contribution in [0.3, 0.4) is 0 Å². The van der Waals surface area contributed by atoms with Crippen LogP contribution >= 0.6 is 34.4 Å². The highest BCUT2D eigenvalue weighted by molar-refractivity contribution is 7.94. The van der Waals surface area contributed by atoms with Gasteiger partial charge in [-0.3, -0.25) is 15.0 Å². The molecule has 16 heterocycles. The molecule has 0 bridgehead atoms. The number of H-pyrrole nitrogens is 1. The van der Waals surface area contributed by atoms with Crippen molar-refractivity contribution in [1.82, 2.24) is 99.5 Å². The monoisotopic (exact) mass is 1570 g/mol. The number of benzene rings is 5. The second-order valence-electron chi connectivity index (χ2n) is 19.5. The lowest BCUT2D eigenvalue weighted by molar-refractivity contribution is -0.605. The van der Waals surface area contributed by atoms with Crippen molar-refractivity contribution in [1.29, 1.82) is 0 Å². The van der Waals surface area contributed by atoms with Crippen LogP contribution in [-0.4, -0.2) is 125 Å². The molecule has 13 aromatic heterocycles. The third kappa shape index (κ3) is 40.6. The van der Waals surface area contributed by atoms with Gasteiger partial charge >= 0.3 is 0 Å². The van der Waals surface area contributed by atoms with E-state index in [1.807, 2.05) is 121 Å². The lowest BCUT2D eigenvalue weighted by Crippen LogP contribution is -2.22. The molecule has 0 amide bonds. The molecule has 0 spiro atoms. The molecule has 0 radical (unpaired) electrons. The summed E-state index contributed by atoms with van der Waals surface area (Å²) in [7, 11) is -3.96. The van der Waals surface area contributed by atoms with Crippen LogP contribution in [0.4, 0.5) is 0 Å². The van der Waals surface area contributed by atoms with Gasteiger partial charge in [-0.1, -0.05) is 108 Å². The lowest BCUT2D eigenvalue weighted by Gasteiger charge is -1.94. The number of pyridine rings is 2. The van der Waals surface area contributed by atoms with Crippen molar-refractivity contribution in [2.45, 2.75) is 9.79 Å². The van der Waals surface area contributed by atoms with Crippen LogP contribution in [0, 0.1) is 5.21 Å². The summed E-state index contributed by atoms with van der Waals surface area (Å²) in [5.74, 6) is 0. The zero-order chi connectivity index (χ0) is 77.9. The Balaban J connectivity index is 0.000000186. The Kier molecular flexibility index (Phi) is 44.6. The van der Waals surface area contributed by atoms with Gasteiger partial charge in [-0.15, -0.1) is 31.7 Å². The fourth-order valence-electron chi connectivity index (χ4n) is 7.39. The van der Waals surface area contributed by atoms with Crippen molar-refractivity contribution >= 4 is 105 Å². The molecule has 111 heavy (non-hydrogen) atoms. The first kappa shape index (κ1) is 85.5. The zero-order valence-corrected chi connectivity index (χ0v) is 62.6. The third-order valence-corrected chi connectivity index (χ3v) is 16.5. The van der Waals surface area contributed by atoms with E-state index >= 15 is 0 Å². The molecule has 0 saturated carbocycles. The number of aromatic nitrogens is 21. The molecule has 1 N–H and O–H groups in total. The summed E-state index contributed by atoms with van der Waals surface area (Å²) in [5.41, 5.74) is 5.71. The van der Waals surface area contributed by atoms with Gasteiger partial charge in [0.05, 0.1) is 58.2 Å². The molecule has 3 aliphatic rings. The maximum Gasteiger partial charge on any atom is 0.200 e. The minimum atomic E-state index is -3.09. The summed E-state index contributed by atoms with van der Waals surface area (Å²) >= 11 is 4.49. The molecule has 5 aromatic carbocycles. The van der Waals surface area contributed by atoms with Gasteiger partial charge < -0.3 is 19.1 Å². The Bertz CT molecular complexity index is 4600. The molecule has 0 fully saturated rings. The van der Waals surface area contributed by atoms with Crippen LogP contribution in [0.15, 0.2) is 411 Å². The van der Waals surface area contributed by atoms with Gasteiger partial charge in [-0.25, -0.2) is 47.5 Å². The van der Waals surface area contributed by atoms with E-state index in [2.05, 4.69) is 173 Å². The average molecular weight is 1570 g/mol. The SMILES string of the molecule is C1=NN=NC1.O=S1(=O)C=Cc2ccccc21.O=S1C=Cc2ccccc21.[O-][n+]1ccccc1.c1ccc2[nH]ccc2c1.c1ccc2occc2c1.c1ccc2sccc2c1.c1ccncc1.c1ccnnc1.c1cnccn1.c1cncnc1.c1cnncn1.c1conn1.c1csnn1.c1ncncn1.c1ncsn1. The summed E-state index contributed by atoms with van der Waals surface area (Å²) in [6.07, 6.45) is 44.8. The topological polar surface area (TPSA) is 402 Å². The number of hydrogen-bond acceptors (Lipinski definition) is 31. The van der Waals surface area contributed by atoms with Gasteiger partial charge in [-0.05, 0) is 147 Å². The van der Waals surface area contributed by atoms with Gasteiger partial charge in [0.15, 0.2) is 22.2 Å². The Labute approximate surface area is 652 Å². The van der Waals surface area contributed by atoms with E-state index in [0.717, 1.165) is 31.7 Å². The van der Waals surface area contributed by atoms with E-state index in [1.54, 1.807) is 158 Å². The number of para-hydroxylation sites is 2. The molecule has 18 aromatic rings. The lowest BCUT2D eigenvalue weighted by atomic mass is 10.2. The predicted molar refractivity (Wildman–Crippen MR) is 429 cm³/mol. The Morgan fingerprint density at radius 3 is 1.54 bits per heavy atom. The van der Waals surface area contributed by atoms with Gasteiger partial charge in [0.1, 0.15) is 55.3 Å². The minimum Gasteiger partial charge on any atom is -0.619 e. The molecule has 3 aliphatic heterocycles. The largest absolute Gasteiger partial charge is 0.619 e. The van der Waals surface area contributed by atoms with Crippen molar-refractivity contribution in [2.24, 2.45) is 15.4 Å². The fraction of sp³-hybridized carbons (Fsp3) is 0.0132. The Morgan fingerprint density at radius 1 is 0.468 bits per heavy atom. The predicted octanol–water partition coefficient (Wildman–Crippen LogP) is 14.9. The number of hydrogen-bond donors (Lipinski definition) is 1. The Hall–Kier alpha value is -14.4. The number of rotatable bonds is 0. The maximum absolute atomic E-state index is 11.2. The number of thiophene rings is 1. The van der Waals surface area contributed by atoms with Crippen LogP contribution in [0.2, 0.25) is 0 Å². The summed E-state index contributed by atoms with van der Waals surface area (Å²) < 4.78 is 52.1. The number of fused-ring (bicyclic) bond motifs is 5. The quantitative estimate of drug-likeness (QED) is 0.109. The first-order chi connectivity index (χ1) is 54.9. The maximum atomic E-state index is 11.2. The number of furan rings is 1. The smallest absolute Gasteiger partial charge is 0.200 e. The van der Waals surface area contributed by atoms with E-state index in [-0.39, 0.29) is 0 Å². The standard InChI is InChI=1S/C8H7N.C8H6O2S.C8H6OS.C8H6O.C8H6S.C5H5NO.C5H5N.3C4H4N2.2C3H3N3.C2H3N3.C2H2N2O.2C2H2N2S/c1-2-4-8-7(3-1)5-6-9-8;9-11(10)6-5-7-3-1-2-4-8(7)11;9-10-6-5-7-3-1-2-4-8(7)10;2*1-2-4-8-7(3-1)5-6-9-8;7-6-4-2-1-3-5-6;1-2-4-6-5-3-1;1-2-6-4-3-5-1;1-2-5-4-6-3-1;1-2-4-6-5-3-1;1-4-2-6-3-5-1;1-2-5-6-3-4-1;1-2-4-5-3-1;1-2-5-4-3-1;1-3-2-5-4-1;1-2-5-4-3-1/h1-6,9H;1-6H;1-6H;2*1-6H;1-5H;1-5H;3*1-4H;2*1-3H;1H,2H2;3*1-2H. The first-order valence-electron chi connectivity index (χ1n) is 32.2. The summed E-state index contributed by atoms with van der Waals surface area (Å²) in [6.45, 7) is 0.667. The second kappa shape index (κ2) is 57.9. The summed E-state index contributed by atoms with van der Waals surface area (Å²) in [4.78, 5) is 41.0. The average Bonchev–Trinajstić information content (AvgIpc) is 1.66. The molecule has 0 saturated heterocycles. The second-order valence-corrected chi connectivity index (χ2v) is 24.9. The van der Waals surface area contributed by atoms with Crippen LogP contribution < -0.4 is 4.73 Å². The molecular weight excluding hydrogens is 1510 g/mol. The molecule has 35 heteroatoms. The molecule has 0 aliphatic carbocycles. The summed E-state index contributed by atoms with van der Waals surface area (Å²) in [6, 6.07) is 61.7. The summed E-state index contributed by atoms with van der Waals surface area (Å²) in [5, 5.41) is 54.9. The van der Waals surface area contributed by atoms with Crippen molar-refractivity contribution in [3.63, 3.8) is 0 Å². The molecule has 21 rings (SSSR count). The van der Waals surface area contributed by atoms with Crippen LogP contribution in [0.5, 0.6) is 0 Å². The van der Waals surface area contributed by atoms with E-state index in [9.17, 15) is 17.8 Å². The van der Waals surface area contributed by atoms with Gasteiger partial charge in [-0.2, -0.15) is 29.5 Å². The number of sulfone groups is 1. The van der Waals surface area contributed by atoms with Crippen molar-refractivity contribution < 1.29 is 26.3 Å². The number of nitrogens with one attached hydrogen (secondary N) is 1. The first-order valence-corrected chi connectivity index (χ1v) is 37.5. The van der Waals surface area contributed by atoms with Crippen LogP contribution in [0.25, 0.3) is 44.1 Å². The highest BCUT2D eigenvalue weighted by Crippen LogP contribution is 2.26. The van der Waals surface area contributed by atoms with Crippen LogP contribution in [0.1, 0.15) is 11.1 Å². The zero-order valence-electron chi connectivity index (χ0n) is 58.5. The molecule has 1 unspecified atom stereocenters. The van der Waals surface area contributed by atoms with E-state index in [4.69, 9.17) is 4.42 Å². The third-order valence-electron chi connectivity index (χ3n) is 12.1. The van der Waals surface area contributed by atoms with Crippen molar-refractivity contribution in [2.75, 3.05) is 6.54 Å². The van der Waals surface area contributed by atoms with Crippen molar-refractivity contribution in [3.05, 3.63) is 393 Å². The molecular formula is C76H68N24O6S5.